The van der Waals surface area contributed by atoms with Crippen molar-refractivity contribution in [2.45, 2.75) is 65.5 Å². The minimum absolute atomic E-state index is 0.0211. The molecule has 0 N–H and O–H groups in total. The van der Waals surface area contributed by atoms with E-state index in [0.717, 1.165) is 17.7 Å². The van der Waals surface area contributed by atoms with E-state index in [-0.39, 0.29) is 18.2 Å². The van der Waals surface area contributed by atoms with E-state index in [9.17, 15) is 13.2 Å². The lowest BCUT2D eigenvalue weighted by Crippen LogP contribution is -2.45. The van der Waals surface area contributed by atoms with Gasteiger partial charge in [0.25, 0.3) is 0 Å². The smallest absolute Gasteiger partial charge is 0.372 e. The van der Waals surface area contributed by atoms with Crippen LogP contribution in [-0.4, -0.2) is 30.7 Å². The average Bonchev–Trinajstić information content (AvgIpc) is 2.87. The molecule has 1 fully saturated rings. The van der Waals surface area contributed by atoms with Gasteiger partial charge in [-0.2, -0.15) is 13.2 Å². The molecule has 0 amide bonds. The molecule has 132 valence electrons. The van der Waals surface area contributed by atoms with Gasteiger partial charge < -0.3 is 4.74 Å². The molecule has 0 bridgehead atoms. The summed E-state index contributed by atoms with van der Waals surface area (Å²) in [7, 11) is 2.00. The van der Waals surface area contributed by atoms with Gasteiger partial charge in [-0.25, -0.2) is 0 Å². The van der Waals surface area contributed by atoms with E-state index < -0.39 is 11.7 Å². The Hall–Kier alpha value is -1.07. The molecule has 0 saturated carbocycles. The second-order valence-electron chi connectivity index (χ2n) is 5.49. The molecule has 0 aromatic heterocycles. The third kappa shape index (κ3) is 4.27. The van der Waals surface area contributed by atoms with Gasteiger partial charge in [0.15, 0.2) is 0 Å². The first-order chi connectivity index (χ1) is 10.9. The van der Waals surface area contributed by atoms with E-state index in [0.29, 0.717) is 6.42 Å². The van der Waals surface area contributed by atoms with Crippen LogP contribution in [0.2, 0.25) is 0 Å². The van der Waals surface area contributed by atoms with Crippen molar-refractivity contribution in [3.8, 4) is 0 Å². The molecule has 2 aliphatic rings. The molecule has 1 aromatic rings. The predicted molar refractivity (Wildman–Crippen MR) is 87.6 cm³/mol. The summed E-state index contributed by atoms with van der Waals surface area (Å²) in [5.41, 5.74) is 1.18. The number of fused-ring (bicyclic) bond motifs is 3. The van der Waals surface area contributed by atoms with Gasteiger partial charge in [0.2, 0.25) is 0 Å². The van der Waals surface area contributed by atoms with Crippen molar-refractivity contribution >= 4 is 0 Å². The van der Waals surface area contributed by atoms with Gasteiger partial charge >= 0.3 is 6.18 Å². The van der Waals surface area contributed by atoms with Crippen molar-refractivity contribution in [1.29, 1.82) is 0 Å². The Labute approximate surface area is 137 Å². The number of morpholine rings is 1. The van der Waals surface area contributed by atoms with E-state index in [1.807, 2.05) is 41.7 Å². The van der Waals surface area contributed by atoms with E-state index in [2.05, 4.69) is 4.90 Å². The second-order valence-corrected chi connectivity index (χ2v) is 5.49. The number of alkyl halides is 3. The lowest BCUT2D eigenvalue weighted by atomic mass is 10.0. The highest BCUT2D eigenvalue weighted by atomic mass is 19.4. The van der Waals surface area contributed by atoms with Crippen LogP contribution in [-0.2, 0) is 17.3 Å². The Bertz CT molecular complexity index is 502. The van der Waals surface area contributed by atoms with Gasteiger partial charge in [0, 0.05) is 13.0 Å². The molecule has 2 nitrogen and oxygen atoms in total. The molecule has 1 aliphatic heterocycles. The SMILES string of the molecule is CC.CC.CC1CN(C)C2c3ccc(C(F)(F)F)cc3CC2O1. The van der Waals surface area contributed by atoms with Crippen molar-refractivity contribution in [2.75, 3.05) is 13.6 Å². The molecule has 3 rings (SSSR count). The number of rotatable bonds is 0. The Morgan fingerprint density at radius 3 is 2.30 bits per heavy atom. The van der Waals surface area contributed by atoms with Crippen LogP contribution in [0.5, 0.6) is 0 Å². The number of hydrogen-bond donors (Lipinski definition) is 0. The number of benzene rings is 1. The normalized spacial score (nSPS) is 26.2. The summed E-state index contributed by atoms with van der Waals surface area (Å²) < 4.78 is 44.0. The first-order valence-corrected chi connectivity index (χ1v) is 8.42. The summed E-state index contributed by atoms with van der Waals surface area (Å²) in [5.74, 6) is 0. The fourth-order valence-corrected chi connectivity index (χ4v) is 3.28. The molecule has 1 saturated heterocycles. The third-order valence-corrected chi connectivity index (χ3v) is 3.99. The number of ether oxygens (including phenoxy) is 1. The molecule has 1 heterocycles. The average molecular weight is 331 g/mol. The summed E-state index contributed by atoms with van der Waals surface area (Å²) in [6.45, 7) is 10.8. The van der Waals surface area contributed by atoms with Crippen LogP contribution in [0, 0.1) is 0 Å². The first kappa shape index (κ1) is 20.0. The van der Waals surface area contributed by atoms with Crippen LogP contribution in [0.1, 0.15) is 57.4 Å². The quantitative estimate of drug-likeness (QED) is 0.658. The van der Waals surface area contributed by atoms with Crippen LogP contribution < -0.4 is 0 Å². The zero-order valence-electron chi connectivity index (χ0n) is 14.9. The van der Waals surface area contributed by atoms with Crippen molar-refractivity contribution in [3.05, 3.63) is 34.9 Å². The Balaban J connectivity index is 0.000000615. The summed E-state index contributed by atoms with van der Waals surface area (Å²) in [4.78, 5) is 2.18. The topological polar surface area (TPSA) is 12.5 Å². The van der Waals surface area contributed by atoms with Crippen molar-refractivity contribution < 1.29 is 17.9 Å². The molecule has 1 aromatic carbocycles. The van der Waals surface area contributed by atoms with Crippen LogP contribution in [0.25, 0.3) is 0 Å². The second kappa shape index (κ2) is 8.15. The van der Waals surface area contributed by atoms with Gasteiger partial charge in [-0.3, -0.25) is 4.90 Å². The molecule has 23 heavy (non-hydrogen) atoms. The highest BCUT2D eigenvalue weighted by Gasteiger charge is 2.42. The van der Waals surface area contributed by atoms with E-state index in [1.54, 1.807) is 6.07 Å². The lowest BCUT2D eigenvalue weighted by Gasteiger charge is -2.39. The molecule has 0 spiro atoms. The van der Waals surface area contributed by atoms with Gasteiger partial charge in [-0.15, -0.1) is 0 Å². The third-order valence-electron chi connectivity index (χ3n) is 3.99. The fourth-order valence-electron chi connectivity index (χ4n) is 3.28. The molecular formula is C18H28F3NO. The van der Waals surface area contributed by atoms with Crippen LogP contribution >= 0.6 is 0 Å². The molecule has 0 radical (unpaired) electrons. The Morgan fingerprint density at radius 1 is 1.13 bits per heavy atom. The largest absolute Gasteiger partial charge is 0.416 e. The van der Waals surface area contributed by atoms with Crippen LogP contribution in [0.15, 0.2) is 18.2 Å². The summed E-state index contributed by atoms with van der Waals surface area (Å²) in [6.07, 6.45) is -3.60. The zero-order chi connectivity index (χ0) is 17.8. The van der Waals surface area contributed by atoms with Crippen LogP contribution in [0.3, 0.4) is 0 Å². The predicted octanol–water partition coefficient (Wildman–Crippen LogP) is 5.07. The maximum absolute atomic E-state index is 12.7. The van der Waals surface area contributed by atoms with Crippen LogP contribution in [0.4, 0.5) is 13.2 Å². The van der Waals surface area contributed by atoms with Crippen molar-refractivity contribution in [3.63, 3.8) is 0 Å². The lowest BCUT2D eigenvalue weighted by molar-refractivity contribution is -0.137. The van der Waals surface area contributed by atoms with E-state index in [4.69, 9.17) is 4.74 Å². The highest BCUT2D eigenvalue weighted by molar-refractivity contribution is 5.41. The first-order valence-electron chi connectivity index (χ1n) is 8.42. The minimum atomic E-state index is -4.27. The fraction of sp³-hybridized carbons (Fsp3) is 0.667. The van der Waals surface area contributed by atoms with Gasteiger partial charge in [-0.05, 0) is 37.2 Å². The monoisotopic (exact) mass is 331 g/mol. The van der Waals surface area contributed by atoms with Crippen molar-refractivity contribution in [2.24, 2.45) is 0 Å². The number of halogens is 3. The van der Waals surface area contributed by atoms with E-state index >= 15 is 0 Å². The zero-order valence-corrected chi connectivity index (χ0v) is 14.9. The minimum Gasteiger partial charge on any atom is -0.372 e. The molecular weight excluding hydrogens is 303 g/mol. The number of likely N-dealkylation sites (N-methyl/N-ethyl adjacent to an activating group) is 1. The summed E-state index contributed by atoms with van der Waals surface area (Å²) in [5, 5.41) is 0. The number of hydrogen-bond acceptors (Lipinski definition) is 2. The maximum Gasteiger partial charge on any atom is 0.416 e. The standard InChI is InChI=1S/C14H16F3NO.2C2H6/c1-8-7-18(2)13-11-4-3-10(14(15,16)17)5-9(11)6-12(13)19-8;2*1-2/h3-5,8,12-13H,6-7H2,1-2H3;2*1-2H3. The molecule has 1 aliphatic carbocycles. The van der Waals surface area contributed by atoms with Gasteiger partial charge in [0.05, 0.1) is 23.8 Å². The van der Waals surface area contributed by atoms with Crippen molar-refractivity contribution in [1.82, 2.24) is 4.90 Å². The highest BCUT2D eigenvalue weighted by Crippen LogP contribution is 2.42. The molecule has 3 unspecified atom stereocenters. The molecule has 3 atom stereocenters. The Kier molecular flexibility index (Phi) is 7.08. The van der Waals surface area contributed by atoms with E-state index in [1.165, 1.54) is 12.1 Å². The number of nitrogens with zero attached hydrogens (tertiary/aromatic N) is 1. The summed E-state index contributed by atoms with van der Waals surface area (Å²) >= 11 is 0. The maximum atomic E-state index is 12.7. The Morgan fingerprint density at radius 2 is 1.74 bits per heavy atom. The molecule has 5 heteroatoms. The summed E-state index contributed by atoms with van der Waals surface area (Å²) in [6, 6.07) is 4.15. The van der Waals surface area contributed by atoms with Gasteiger partial charge in [-0.1, -0.05) is 33.8 Å². The van der Waals surface area contributed by atoms with Gasteiger partial charge in [0.1, 0.15) is 0 Å².